The van der Waals surface area contributed by atoms with Crippen LogP contribution in [0.3, 0.4) is 0 Å². The Kier molecular flexibility index (Phi) is 4.72. The van der Waals surface area contributed by atoms with Crippen LogP contribution in [0.4, 0.5) is 0 Å². The fourth-order valence-corrected chi connectivity index (χ4v) is 4.89. The number of aromatic hydroxyl groups is 1. The van der Waals surface area contributed by atoms with Crippen LogP contribution in [0.5, 0.6) is 5.75 Å². The quantitative estimate of drug-likeness (QED) is 0.628. The van der Waals surface area contributed by atoms with Crippen molar-refractivity contribution >= 4 is 38.3 Å². The number of fused-ring (bicyclic) bond motifs is 1. The molecule has 10 heteroatoms. The van der Waals surface area contributed by atoms with E-state index in [0.717, 1.165) is 0 Å². The lowest BCUT2D eigenvalue weighted by molar-refractivity contribution is -0.121. The van der Waals surface area contributed by atoms with E-state index in [1.807, 2.05) is 0 Å². The number of phenols is 1. The minimum Gasteiger partial charge on any atom is -0.506 e. The van der Waals surface area contributed by atoms with Crippen LogP contribution in [0.25, 0.3) is 11.0 Å². The molecule has 3 N–H and O–H groups in total. The Morgan fingerprint density at radius 1 is 1.38 bits per heavy atom. The molecule has 0 spiro atoms. The van der Waals surface area contributed by atoms with Crippen molar-refractivity contribution in [3.8, 4) is 5.75 Å². The van der Waals surface area contributed by atoms with Crippen molar-refractivity contribution in [2.24, 2.45) is 0 Å². The van der Waals surface area contributed by atoms with Gasteiger partial charge < -0.3 is 19.9 Å². The van der Waals surface area contributed by atoms with Crippen molar-refractivity contribution in [2.45, 2.75) is 25.5 Å². The average Bonchev–Trinajstić information content (AvgIpc) is 2.78. The van der Waals surface area contributed by atoms with Crippen molar-refractivity contribution < 1.29 is 27.8 Å². The average molecular weight is 402 g/mol. The van der Waals surface area contributed by atoms with Gasteiger partial charge in [-0.3, -0.25) is 4.79 Å². The summed E-state index contributed by atoms with van der Waals surface area (Å²) < 4.78 is 28.1. The highest BCUT2D eigenvalue weighted by atomic mass is 35.5. The van der Waals surface area contributed by atoms with Crippen LogP contribution in [0.1, 0.15) is 11.1 Å². The second-order valence-electron chi connectivity index (χ2n) is 6.29. The van der Waals surface area contributed by atoms with Gasteiger partial charge in [0.2, 0.25) is 5.91 Å². The number of hydrogen-bond acceptors (Lipinski definition) is 7. The Hall–Kier alpha value is -2.10. The lowest BCUT2D eigenvalue weighted by atomic mass is 10.0. The standard InChI is InChI=1S/C16H16ClNO7S/c1-7-8-2-10(17)12(19)4-14(8)25-16(22)9(7)3-15(21)18-11-5-26(23,24)6-13(11)20/h2,4,11,13,19-20H,3,5-6H2,1H3,(H,18,21)/t11-,13-/m1/s1. The molecule has 1 aromatic carbocycles. The Morgan fingerprint density at radius 3 is 2.69 bits per heavy atom. The smallest absolute Gasteiger partial charge is 0.340 e. The van der Waals surface area contributed by atoms with E-state index in [4.69, 9.17) is 16.0 Å². The number of sulfone groups is 1. The normalized spacial score (nSPS) is 21.8. The number of aryl methyl sites for hydroxylation is 1. The van der Waals surface area contributed by atoms with E-state index in [1.165, 1.54) is 12.1 Å². The highest BCUT2D eigenvalue weighted by molar-refractivity contribution is 7.91. The van der Waals surface area contributed by atoms with Crippen LogP contribution >= 0.6 is 11.6 Å². The predicted molar refractivity (Wildman–Crippen MR) is 94.2 cm³/mol. The Balaban J connectivity index is 1.88. The highest BCUT2D eigenvalue weighted by Crippen LogP contribution is 2.30. The van der Waals surface area contributed by atoms with Crippen molar-refractivity contribution in [3.63, 3.8) is 0 Å². The molecular weight excluding hydrogens is 386 g/mol. The molecule has 0 aliphatic carbocycles. The summed E-state index contributed by atoms with van der Waals surface area (Å²) in [5, 5.41) is 22.3. The van der Waals surface area contributed by atoms with Crippen LogP contribution in [0.15, 0.2) is 21.3 Å². The molecule has 2 heterocycles. The number of rotatable bonds is 3. The first-order valence-electron chi connectivity index (χ1n) is 7.70. The number of benzene rings is 1. The topological polar surface area (TPSA) is 134 Å². The summed E-state index contributed by atoms with van der Waals surface area (Å²) in [5.74, 6) is -1.59. The summed E-state index contributed by atoms with van der Waals surface area (Å²) in [5.41, 5.74) is -0.0534. The summed E-state index contributed by atoms with van der Waals surface area (Å²) in [7, 11) is -3.40. The maximum atomic E-state index is 12.2. The summed E-state index contributed by atoms with van der Waals surface area (Å²) in [6.45, 7) is 1.62. The SMILES string of the molecule is Cc1c(CC(=O)N[C@@H]2CS(=O)(=O)C[C@H]2O)c(=O)oc2cc(O)c(Cl)cc12. The van der Waals surface area contributed by atoms with E-state index >= 15 is 0 Å². The second-order valence-corrected chi connectivity index (χ2v) is 8.85. The van der Waals surface area contributed by atoms with E-state index in [9.17, 15) is 28.2 Å². The second kappa shape index (κ2) is 6.57. The Morgan fingerprint density at radius 2 is 2.08 bits per heavy atom. The molecule has 1 aliphatic heterocycles. The van der Waals surface area contributed by atoms with Gasteiger partial charge in [0, 0.05) is 11.5 Å². The molecule has 3 rings (SSSR count). The zero-order valence-electron chi connectivity index (χ0n) is 13.7. The third-order valence-corrected chi connectivity index (χ3v) is 6.38. The molecule has 26 heavy (non-hydrogen) atoms. The van der Waals surface area contributed by atoms with Crippen LogP contribution in [-0.2, 0) is 21.1 Å². The maximum Gasteiger partial charge on any atom is 0.340 e. The van der Waals surface area contributed by atoms with Crippen LogP contribution in [0.2, 0.25) is 5.02 Å². The van der Waals surface area contributed by atoms with E-state index in [-0.39, 0.29) is 34.1 Å². The van der Waals surface area contributed by atoms with E-state index in [2.05, 4.69) is 5.32 Å². The lowest BCUT2D eigenvalue weighted by Gasteiger charge is -2.15. The summed E-state index contributed by atoms with van der Waals surface area (Å²) in [4.78, 5) is 24.4. The largest absolute Gasteiger partial charge is 0.506 e. The molecule has 140 valence electrons. The number of nitrogens with one attached hydrogen (secondary N) is 1. The van der Waals surface area contributed by atoms with Gasteiger partial charge in [0.15, 0.2) is 9.84 Å². The fraction of sp³-hybridized carbons (Fsp3) is 0.375. The molecule has 8 nitrogen and oxygen atoms in total. The van der Waals surface area contributed by atoms with Crippen molar-refractivity contribution in [1.29, 1.82) is 0 Å². The monoisotopic (exact) mass is 401 g/mol. The van der Waals surface area contributed by atoms with Gasteiger partial charge in [-0.05, 0) is 18.6 Å². The number of amides is 1. The molecule has 1 fully saturated rings. The van der Waals surface area contributed by atoms with Crippen LogP contribution in [-0.4, -0.2) is 48.2 Å². The molecule has 1 amide bonds. The summed E-state index contributed by atoms with van der Waals surface area (Å²) >= 11 is 5.88. The Labute approximate surface area is 153 Å². The van der Waals surface area contributed by atoms with Gasteiger partial charge >= 0.3 is 5.63 Å². The van der Waals surface area contributed by atoms with Gasteiger partial charge in [-0.2, -0.15) is 0 Å². The van der Waals surface area contributed by atoms with Crippen molar-refractivity contribution in [1.82, 2.24) is 5.32 Å². The number of hydrogen-bond donors (Lipinski definition) is 3. The molecule has 2 atom stereocenters. The van der Waals surface area contributed by atoms with Gasteiger partial charge in [-0.15, -0.1) is 0 Å². The Bertz CT molecular complexity index is 1060. The van der Waals surface area contributed by atoms with Gasteiger partial charge in [0.25, 0.3) is 0 Å². The molecule has 1 aliphatic rings. The summed E-state index contributed by atoms with van der Waals surface area (Å²) in [6, 6.07) is 1.74. The lowest BCUT2D eigenvalue weighted by Crippen LogP contribution is -2.43. The van der Waals surface area contributed by atoms with E-state index < -0.39 is 39.3 Å². The fourth-order valence-electron chi connectivity index (χ4n) is 2.99. The number of carbonyl (C=O) groups is 1. The molecular formula is C16H16ClNO7S. The third-order valence-electron chi connectivity index (χ3n) is 4.36. The van der Waals surface area contributed by atoms with Crippen LogP contribution in [0, 0.1) is 6.92 Å². The molecule has 2 aromatic rings. The van der Waals surface area contributed by atoms with Crippen molar-refractivity contribution in [2.75, 3.05) is 11.5 Å². The zero-order valence-corrected chi connectivity index (χ0v) is 15.2. The number of aliphatic hydroxyl groups excluding tert-OH is 1. The van der Waals surface area contributed by atoms with Crippen LogP contribution < -0.4 is 10.9 Å². The highest BCUT2D eigenvalue weighted by Gasteiger charge is 2.37. The first-order chi connectivity index (χ1) is 12.1. The minimum absolute atomic E-state index is 0.0733. The number of halogens is 1. The number of carbonyl (C=O) groups excluding carboxylic acids is 1. The van der Waals surface area contributed by atoms with Gasteiger partial charge in [-0.25, -0.2) is 13.2 Å². The number of phenolic OH excluding ortho intramolecular Hbond substituents is 1. The molecule has 0 bridgehead atoms. The van der Waals surface area contributed by atoms with Gasteiger partial charge in [0.05, 0.1) is 40.7 Å². The molecule has 0 saturated carbocycles. The molecule has 0 radical (unpaired) electrons. The maximum absolute atomic E-state index is 12.2. The minimum atomic E-state index is -3.40. The molecule has 1 aromatic heterocycles. The predicted octanol–water partition coefficient (Wildman–Crippen LogP) is 0.277. The first-order valence-corrected chi connectivity index (χ1v) is 9.90. The zero-order chi connectivity index (χ0) is 19.2. The molecule has 0 unspecified atom stereocenters. The van der Waals surface area contributed by atoms with Gasteiger partial charge in [-0.1, -0.05) is 11.6 Å². The van der Waals surface area contributed by atoms with E-state index in [1.54, 1.807) is 6.92 Å². The van der Waals surface area contributed by atoms with Gasteiger partial charge in [0.1, 0.15) is 11.3 Å². The summed E-state index contributed by atoms with van der Waals surface area (Å²) in [6.07, 6.45) is -1.52. The van der Waals surface area contributed by atoms with Crippen molar-refractivity contribution in [3.05, 3.63) is 38.7 Å². The number of aliphatic hydroxyl groups is 1. The first kappa shape index (κ1) is 18.7. The third kappa shape index (κ3) is 3.55. The molecule has 1 saturated heterocycles. The van der Waals surface area contributed by atoms with E-state index in [0.29, 0.717) is 10.9 Å².